The van der Waals surface area contributed by atoms with Crippen molar-refractivity contribution in [2.75, 3.05) is 32.7 Å². The van der Waals surface area contributed by atoms with E-state index in [0.29, 0.717) is 42.6 Å². The molecule has 1 heterocycles. The fraction of sp³-hybridized carbons (Fsp3) is 0.261. The summed E-state index contributed by atoms with van der Waals surface area (Å²) in [5.74, 6) is -0.0826. The molecule has 1 aliphatic rings. The largest absolute Gasteiger partial charge is 0.351 e. The predicted molar refractivity (Wildman–Crippen MR) is 122 cm³/mol. The second-order valence-electron chi connectivity index (χ2n) is 7.59. The van der Waals surface area contributed by atoms with Crippen LogP contribution in [0.4, 0.5) is 0 Å². The molecule has 1 amide bonds. The van der Waals surface area contributed by atoms with E-state index in [9.17, 15) is 13.2 Å². The van der Waals surface area contributed by atoms with Crippen LogP contribution in [0, 0.1) is 0 Å². The minimum absolute atomic E-state index is 0.0826. The first-order valence-corrected chi connectivity index (χ1v) is 12.0. The van der Waals surface area contributed by atoms with Gasteiger partial charge in [0.1, 0.15) is 0 Å². The highest BCUT2D eigenvalue weighted by molar-refractivity contribution is 7.89. The molecule has 31 heavy (non-hydrogen) atoms. The van der Waals surface area contributed by atoms with E-state index < -0.39 is 10.0 Å². The van der Waals surface area contributed by atoms with Crippen molar-refractivity contribution < 1.29 is 13.2 Å². The Kier molecular flexibility index (Phi) is 6.57. The molecule has 162 valence electrons. The standard InChI is InChI=1S/C23H24ClN3O3S/c24-21-8-5-18(6-9-21)16-25-23(28)17-26-11-13-27(14-12-26)31(29,30)22-10-7-19-3-1-2-4-20(19)15-22/h1-10,15H,11-14,16-17H2,(H,25,28). The van der Waals surface area contributed by atoms with Gasteiger partial charge in [0.15, 0.2) is 0 Å². The van der Waals surface area contributed by atoms with E-state index in [1.54, 1.807) is 24.3 Å². The van der Waals surface area contributed by atoms with Crippen molar-refractivity contribution in [1.29, 1.82) is 0 Å². The molecule has 0 aromatic heterocycles. The minimum atomic E-state index is -3.56. The van der Waals surface area contributed by atoms with E-state index in [1.165, 1.54) is 4.31 Å². The number of amides is 1. The highest BCUT2D eigenvalue weighted by atomic mass is 35.5. The van der Waals surface area contributed by atoms with Gasteiger partial charge in [-0.05, 0) is 40.6 Å². The Morgan fingerprint density at radius 2 is 1.58 bits per heavy atom. The Bertz CT molecular complexity index is 1170. The zero-order chi connectivity index (χ0) is 21.8. The third kappa shape index (κ3) is 5.25. The summed E-state index contributed by atoms with van der Waals surface area (Å²) in [6.45, 7) is 2.44. The van der Waals surface area contributed by atoms with Gasteiger partial charge in [0, 0.05) is 37.7 Å². The van der Waals surface area contributed by atoms with Crippen LogP contribution in [-0.4, -0.2) is 56.3 Å². The summed E-state index contributed by atoms with van der Waals surface area (Å²) in [7, 11) is -3.56. The fourth-order valence-corrected chi connectivity index (χ4v) is 5.25. The first-order valence-electron chi connectivity index (χ1n) is 10.1. The van der Waals surface area contributed by atoms with Crippen LogP contribution in [0.2, 0.25) is 5.02 Å². The quantitative estimate of drug-likeness (QED) is 0.617. The van der Waals surface area contributed by atoms with Gasteiger partial charge >= 0.3 is 0 Å². The predicted octanol–water partition coefficient (Wildman–Crippen LogP) is 3.12. The minimum Gasteiger partial charge on any atom is -0.351 e. The first-order chi connectivity index (χ1) is 14.9. The van der Waals surface area contributed by atoms with Crippen LogP contribution in [0.3, 0.4) is 0 Å². The lowest BCUT2D eigenvalue weighted by molar-refractivity contribution is -0.122. The molecule has 8 heteroatoms. The van der Waals surface area contributed by atoms with Crippen LogP contribution in [0.15, 0.2) is 71.6 Å². The van der Waals surface area contributed by atoms with Gasteiger partial charge in [0.2, 0.25) is 15.9 Å². The fourth-order valence-electron chi connectivity index (χ4n) is 3.67. The Labute approximate surface area is 187 Å². The maximum Gasteiger partial charge on any atom is 0.243 e. The number of sulfonamides is 1. The summed E-state index contributed by atoms with van der Waals surface area (Å²) in [4.78, 5) is 14.5. The van der Waals surface area contributed by atoms with Gasteiger partial charge in [-0.3, -0.25) is 9.69 Å². The molecular formula is C23H24ClN3O3S. The van der Waals surface area contributed by atoms with Gasteiger partial charge in [-0.25, -0.2) is 8.42 Å². The van der Waals surface area contributed by atoms with Crippen molar-refractivity contribution in [1.82, 2.24) is 14.5 Å². The van der Waals surface area contributed by atoms with Gasteiger partial charge in [-0.1, -0.05) is 54.1 Å². The Hall–Kier alpha value is -2.45. The van der Waals surface area contributed by atoms with Crippen LogP contribution < -0.4 is 5.32 Å². The van der Waals surface area contributed by atoms with Crippen molar-refractivity contribution in [2.45, 2.75) is 11.4 Å². The van der Waals surface area contributed by atoms with Crippen molar-refractivity contribution in [2.24, 2.45) is 0 Å². The second-order valence-corrected chi connectivity index (χ2v) is 9.97. The summed E-state index contributed by atoms with van der Waals surface area (Å²) in [5, 5.41) is 5.47. The van der Waals surface area contributed by atoms with Crippen LogP contribution in [0.5, 0.6) is 0 Å². The molecule has 1 saturated heterocycles. The van der Waals surface area contributed by atoms with Crippen molar-refractivity contribution in [3.63, 3.8) is 0 Å². The molecule has 0 saturated carbocycles. The normalized spacial score (nSPS) is 15.8. The van der Waals surface area contributed by atoms with Crippen LogP contribution in [0.1, 0.15) is 5.56 Å². The first kappa shape index (κ1) is 21.8. The molecular weight excluding hydrogens is 434 g/mol. The van der Waals surface area contributed by atoms with Crippen molar-refractivity contribution >= 4 is 38.3 Å². The molecule has 0 bridgehead atoms. The average molecular weight is 458 g/mol. The number of halogens is 1. The summed E-state index contributed by atoms with van der Waals surface area (Å²) in [6.07, 6.45) is 0. The van der Waals surface area contributed by atoms with E-state index in [4.69, 9.17) is 11.6 Å². The lowest BCUT2D eigenvalue weighted by Crippen LogP contribution is -2.50. The van der Waals surface area contributed by atoms with Crippen molar-refractivity contribution in [3.8, 4) is 0 Å². The highest BCUT2D eigenvalue weighted by Gasteiger charge is 2.29. The number of carbonyl (C=O) groups is 1. The topological polar surface area (TPSA) is 69.7 Å². The molecule has 3 aromatic carbocycles. The number of nitrogens with one attached hydrogen (secondary N) is 1. The SMILES string of the molecule is O=C(CN1CCN(S(=O)(=O)c2ccc3ccccc3c2)CC1)NCc1ccc(Cl)cc1. The molecule has 3 aromatic rings. The van der Waals surface area contributed by atoms with Gasteiger partial charge in [0.05, 0.1) is 11.4 Å². The molecule has 6 nitrogen and oxygen atoms in total. The maximum atomic E-state index is 13.1. The number of piperazine rings is 1. The lowest BCUT2D eigenvalue weighted by Gasteiger charge is -2.33. The molecule has 1 N–H and O–H groups in total. The molecule has 0 radical (unpaired) electrons. The molecule has 4 rings (SSSR count). The molecule has 0 atom stereocenters. The maximum absolute atomic E-state index is 13.1. The molecule has 0 unspecified atom stereocenters. The van der Waals surface area contributed by atoms with E-state index >= 15 is 0 Å². The van der Waals surface area contributed by atoms with Crippen LogP contribution in [-0.2, 0) is 21.4 Å². The molecule has 0 aliphatic carbocycles. The van der Waals surface area contributed by atoms with Gasteiger partial charge < -0.3 is 5.32 Å². The van der Waals surface area contributed by atoms with E-state index in [-0.39, 0.29) is 12.5 Å². The third-order valence-electron chi connectivity index (χ3n) is 5.46. The van der Waals surface area contributed by atoms with Gasteiger partial charge in [-0.15, -0.1) is 0 Å². The van der Waals surface area contributed by atoms with Gasteiger partial charge in [-0.2, -0.15) is 4.31 Å². The van der Waals surface area contributed by atoms with E-state index in [1.807, 2.05) is 47.4 Å². The number of hydrogen-bond acceptors (Lipinski definition) is 4. The number of carbonyl (C=O) groups excluding carboxylic acids is 1. The smallest absolute Gasteiger partial charge is 0.243 e. The average Bonchev–Trinajstić information content (AvgIpc) is 2.79. The summed E-state index contributed by atoms with van der Waals surface area (Å²) in [6, 6.07) is 20.3. The molecule has 0 spiro atoms. The van der Waals surface area contributed by atoms with Crippen LogP contribution >= 0.6 is 11.6 Å². The number of fused-ring (bicyclic) bond motifs is 1. The third-order valence-corrected chi connectivity index (χ3v) is 7.61. The zero-order valence-electron chi connectivity index (χ0n) is 17.0. The number of nitrogens with zero attached hydrogens (tertiary/aromatic N) is 2. The molecule has 1 fully saturated rings. The van der Waals surface area contributed by atoms with E-state index in [2.05, 4.69) is 5.32 Å². The second kappa shape index (κ2) is 9.36. The summed E-state index contributed by atoms with van der Waals surface area (Å²) >= 11 is 5.87. The lowest BCUT2D eigenvalue weighted by atomic mass is 10.1. The zero-order valence-corrected chi connectivity index (χ0v) is 18.6. The summed E-state index contributed by atoms with van der Waals surface area (Å²) in [5.41, 5.74) is 0.976. The molecule has 1 aliphatic heterocycles. The van der Waals surface area contributed by atoms with E-state index in [0.717, 1.165) is 16.3 Å². The highest BCUT2D eigenvalue weighted by Crippen LogP contribution is 2.22. The van der Waals surface area contributed by atoms with Crippen molar-refractivity contribution in [3.05, 3.63) is 77.3 Å². The summed E-state index contributed by atoms with van der Waals surface area (Å²) < 4.78 is 27.6. The van der Waals surface area contributed by atoms with Gasteiger partial charge in [0.25, 0.3) is 0 Å². The Morgan fingerprint density at radius 1 is 0.903 bits per heavy atom. The number of hydrogen-bond donors (Lipinski definition) is 1. The number of rotatable bonds is 6. The monoisotopic (exact) mass is 457 g/mol. The Morgan fingerprint density at radius 3 is 2.29 bits per heavy atom. The number of benzene rings is 3. The Balaban J connectivity index is 1.31. The van der Waals surface area contributed by atoms with Crippen LogP contribution in [0.25, 0.3) is 10.8 Å².